The maximum Gasteiger partial charge on any atom is 0.410 e. The van der Waals surface area contributed by atoms with E-state index >= 15 is 0 Å². The number of fused-ring (bicyclic) bond motifs is 1. The lowest BCUT2D eigenvalue weighted by molar-refractivity contribution is 0.0203. The number of rotatable bonds is 5. The van der Waals surface area contributed by atoms with Gasteiger partial charge in [0.15, 0.2) is 5.65 Å². The highest BCUT2D eigenvalue weighted by Crippen LogP contribution is 2.50. The van der Waals surface area contributed by atoms with Gasteiger partial charge in [-0.2, -0.15) is 10.4 Å². The van der Waals surface area contributed by atoms with E-state index in [4.69, 9.17) is 19.3 Å². The first-order chi connectivity index (χ1) is 17.7. The molecule has 0 radical (unpaired) electrons. The van der Waals surface area contributed by atoms with E-state index in [9.17, 15) is 10.1 Å². The van der Waals surface area contributed by atoms with Crippen molar-refractivity contribution in [1.82, 2.24) is 19.5 Å². The second kappa shape index (κ2) is 9.58. The predicted octanol–water partition coefficient (Wildman–Crippen LogP) is 5.28. The number of aromatic nitrogens is 3. The molecule has 9 nitrogen and oxygen atoms in total. The van der Waals surface area contributed by atoms with Crippen LogP contribution < -0.4 is 9.47 Å². The molecular formula is C28H33N5O4. The van der Waals surface area contributed by atoms with Crippen molar-refractivity contribution in [3.05, 3.63) is 41.2 Å². The molecule has 1 aliphatic carbocycles. The second-order valence-electron chi connectivity index (χ2n) is 10.8. The molecule has 2 aromatic heterocycles. The molecule has 1 aromatic carbocycles. The Morgan fingerprint density at radius 2 is 1.70 bits per heavy atom. The first kappa shape index (κ1) is 24.9. The van der Waals surface area contributed by atoms with Crippen molar-refractivity contribution in [2.75, 3.05) is 27.3 Å². The molecule has 1 aliphatic heterocycles. The van der Waals surface area contributed by atoms with Crippen LogP contribution in [0, 0.1) is 11.3 Å². The van der Waals surface area contributed by atoms with E-state index in [1.165, 1.54) is 0 Å². The van der Waals surface area contributed by atoms with E-state index in [2.05, 4.69) is 11.1 Å². The Kier molecular flexibility index (Phi) is 6.44. The van der Waals surface area contributed by atoms with Crippen molar-refractivity contribution < 1.29 is 19.0 Å². The zero-order valence-electron chi connectivity index (χ0n) is 22.1. The number of hydrogen-bond donors (Lipinski definition) is 0. The van der Waals surface area contributed by atoms with Gasteiger partial charge in [-0.05, 0) is 70.6 Å². The van der Waals surface area contributed by atoms with Gasteiger partial charge in [0, 0.05) is 42.0 Å². The fourth-order valence-electron chi connectivity index (χ4n) is 5.11. The minimum absolute atomic E-state index is 0.171. The topological polar surface area (TPSA) is 102 Å². The Labute approximate surface area is 216 Å². The molecule has 3 aromatic rings. The summed E-state index contributed by atoms with van der Waals surface area (Å²) in [5.74, 6) is 2.11. The molecule has 1 saturated heterocycles. The third kappa shape index (κ3) is 4.80. The average Bonchev–Trinajstić information content (AvgIpc) is 3.65. The number of piperidine rings is 1. The molecule has 1 saturated carbocycles. The molecule has 1 amide bonds. The molecule has 0 spiro atoms. The largest absolute Gasteiger partial charge is 0.496 e. The van der Waals surface area contributed by atoms with Crippen LogP contribution in [0.5, 0.6) is 11.5 Å². The summed E-state index contributed by atoms with van der Waals surface area (Å²) in [5, 5.41) is 15.0. The van der Waals surface area contributed by atoms with E-state index in [1.807, 2.05) is 39.0 Å². The van der Waals surface area contributed by atoms with Crippen LogP contribution in [0.15, 0.2) is 24.4 Å². The molecule has 2 fully saturated rings. The number of carbonyl (C=O) groups is 1. The highest BCUT2D eigenvalue weighted by Gasteiger charge is 2.32. The van der Waals surface area contributed by atoms with Crippen LogP contribution in [0.4, 0.5) is 4.79 Å². The van der Waals surface area contributed by atoms with E-state index in [-0.39, 0.29) is 12.0 Å². The lowest BCUT2D eigenvalue weighted by atomic mass is 9.93. The molecule has 0 unspecified atom stereocenters. The summed E-state index contributed by atoms with van der Waals surface area (Å²) < 4.78 is 18.8. The summed E-state index contributed by atoms with van der Waals surface area (Å²) in [5.41, 5.74) is 3.77. The number of carbonyl (C=O) groups excluding carboxylic acids is 1. The Hall–Kier alpha value is -3.80. The van der Waals surface area contributed by atoms with Gasteiger partial charge in [0.05, 0.1) is 14.2 Å². The smallest absolute Gasteiger partial charge is 0.410 e. The van der Waals surface area contributed by atoms with E-state index in [0.29, 0.717) is 35.9 Å². The van der Waals surface area contributed by atoms with Gasteiger partial charge in [0.25, 0.3) is 0 Å². The minimum Gasteiger partial charge on any atom is -0.496 e. The summed E-state index contributed by atoms with van der Waals surface area (Å²) >= 11 is 0. The molecule has 0 bridgehead atoms. The quantitative estimate of drug-likeness (QED) is 0.467. The number of methoxy groups -OCH3 is 2. The van der Waals surface area contributed by atoms with Crippen molar-refractivity contribution in [3.63, 3.8) is 0 Å². The van der Waals surface area contributed by atoms with Crippen LogP contribution in [0.3, 0.4) is 0 Å². The lowest BCUT2D eigenvalue weighted by Gasteiger charge is -2.33. The van der Waals surface area contributed by atoms with Crippen LogP contribution in [0.1, 0.15) is 75.1 Å². The predicted molar refractivity (Wildman–Crippen MR) is 138 cm³/mol. The third-order valence-electron chi connectivity index (χ3n) is 7.03. The van der Waals surface area contributed by atoms with Crippen LogP contribution in [0.25, 0.3) is 16.9 Å². The highest BCUT2D eigenvalue weighted by atomic mass is 16.6. The Bertz CT molecular complexity index is 1350. The maximum absolute atomic E-state index is 12.5. The van der Waals surface area contributed by atoms with E-state index in [0.717, 1.165) is 54.0 Å². The summed E-state index contributed by atoms with van der Waals surface area (Å²) in [6, 6.07) is 8.16. The fourth-order valence-corrected chi connectivity index (χ4v) is 5.11. The normalized spacial score (nSPS) is 16.5. The molecule has 5 rings (SSSR count). The Balaban J connectivity index is 1.48. The standard InChI is InChI=1S/C28H33N5O4/c1-28(2,3)37-27(34)32-12-9-17(10-13-32)21-8-11-30-26-20(16-29)25(31-33(21)26)19-14-22(35-4)24(18-6-7-18)23(15-19)36-5/h8,11,14-15,17-18H,6-7,9-10,12-13H2,1-5H3. The van der Waals surface area contributed by atoms with Crippen molar-refractivity contribution in [2.45, 2.75) is 63.9 Å². The van der Waals surface area contributed by atoms with E-state index < -0.39 is 5.60 Å². The highest BCUT2D eigenvalue weighted by molar-refractivity contribution is 5.78. The van der Waals surface area contributed by atoms with Crippen molar-refractivity contribution in [2.24, 2.45) is 0 Å². The molecule has 3 heterocycles. The monoisotopic (exact) mass is 503 g/mol. The molecule has 0 N–H and O–H groups in total. The van der Waals surface area contributed by atoms with Crippen LogP contribution in [-0.2, 0) is 4.74 Å². The van der Waals surface area contributed by atoms with Crippen molar-refractivity contribution >= 4 is 11.7 Å². The van der Waals surface area contributed by atoms with Crippen LogP contribution >= 0.6 is 0 Å². The van der Waals surface area contributed by atoms with Crippen molar-refractivity contribution in [3.8, 4) is 28.8 Å². The number of hydrogen-bond acceptors (Lipinski definition) is 7. The summed E-state index contributed by atoms with van der Waals surface area (Å²) in [4.78, 5) is 18.8. The van der Waals surface area contributed by atoms with Crippen LogP contribution in [-0.4, -0.2) is 58.5 Å². The molecule has 194 valence electrons. The number of nitrogens with zero attached hydrogens (tertiary/aromatic N) is 5. The van der Waals surface area contributed by atoms with E-state index in [1.54, 1.807) is 29.8 Å². The van der Waals surface area contributed by atoms with Crippen molar-refractivity contribution in [1.29, 1.82) is 5.26 Å². The molecule has 37 heavy (non-hydrogen) atoms. The Morgan fingerprint density at radius 3 is 2.24 bits per heavy atom. The summed E-state index contributed by atoms with van der Waals surface area (Å²) in [7, 11) is 3.31. The first-order valence-corrected chi connectivity index (χ1v) is 12.8. The summed E-state index contributed by atoms with van der Waals surface area (Å²) in [6.45, 7) is 6.81. The average molecular weight is 504 g/mol. The van der Waals surface area contributed by atoms with Crippen LogP contribution in [0.2, 0.25) is 0 Å². The number of nitriles is 1. The zero-order chi connectivity index (χ0) is 26.3. The fraction of sp³-hybridized carbons (Fsp3) is 0.500. The van der Waals surface area contributed by atoms with Gasteiger partial charge in [0.2, 0.25) is 0 Å². The molecule has 9 heteroatoms. The minimum atomic E-state index is -0.521. The summed E-state index contributed by atoms with van der Waals surface area (Å²) in [6.07, 6.45) is 5.22. The zero-order valence-corrected chi connectivity index (χ0v) is 22.1. The number of likely N-dealkylation sites (tertiary alicyclic amines) is 1. The van der Waals surface area contributed by atoms with Gasteiger partial charge >= 0.3 is 6.09 Å². The van der Waals surface area contributed by atoms with Gasteiger partial charge < -0.3 is 19.1 Å². The first-order valence-electron chi connectivity index (χ1n) is 12.8. The lowest BCUT2D eigenvalue weighted by Crippen LogP contribution is -2.41. The molecular weight excluding hydrogens is 470 g/mol. The molecule has 0 atom stereocenters. The van der Waals surface area contributed by atoms with Gasteiger partial charge in [-0.15, -0.1) is 0 Å². The van der Waals surface area contributed by atoms with Gasteiger partial charge in [-0.25, -0.2) is 14.3 Å². The maximum atomic E-state index is 12.5. The van der Waals surface area contributed by atoms with Gasteiger partial charge in [-0.1, -0.05) is 0 Å². The Morgan fingerprint density at radius 1 is 1.05 bits per heavy atom. The number of ether oxygens (including phenoxy) is 3. The third-order valence-corrected chi connectivity index (χ3v) is 7.03. The van der Waals surface area contributed by atoms with Gasteiger partial charge in [-0.3, -0.25) is 0 Å². The second-order valence-corrected chi connectivity index (χ2v) is 10.8. The molecule has 2 aliphatic rings. The SMILES string of the molecule is COc1cc(-c2nn3c(C4CCN(C(=O)OC(C)(C)C)CC4)ccnc3c2C#N)cc(OC)c1C1CC1. The number of benzene rings is 1. The number of amides is 1. The van der Waals surface area contributed by atoms with Gasteiger partial charge in [0.1, 0.15) is 34.4 Å².